The minimum Gasteiger partial charge on any atom is -0.329 e. The van der Waals surface area contributed by atoms with Gasteiger partial charge in [0.1, 0.15) is 0 Å². The van der Waals surface area contributed by atoms with Crippen molar-refractivity contribution in [3.63, 3.8) is 0 Å². The van der Waals surface area contributed by atoms with E-state index < -0.39 is 0 Å². The molecular formula is C6H17N3. The Labute approximate surface area is 56.6 Å². The van der Waals surface area contributed by atoms with Crippen LogP contribution in [-0.4, -0.2) is 18.1 Å². The van der Waals surface area contributed by atoms with Crippen LogP contribution >= 0.6 is 0 Å². The number of hydrogen-bond donors (Lipinski definition) is 3. The maximum absolute atomic E-state index is 5.68. The molecule has 0 aromatic heterocycles. The van der Waals surface area contributed by atoms with Crippen LogP contribution in [-0.2, 0) is 0 Å². The van der Waals surface area contributed by atoms with Gasteiger partial charge in [0.05, 0.1) is 0 Å². The topological polar surface area (TPSA) is 78.1 Å². The Morgan fingerprint density at radius 3 is 2.00 bits per heavy atom. The van der Waals surface area contributed by atoms with Crippen LogP contribution in [0.25, 0.3) is 0 Å². The van der Waals surface area contributed by atoms with Crippen molar-refractivity contribution in [2.75, 3.05) is 6.54 Å². The summed E-state index contributed by atoms with van der Waals surface area (Å²) in [7, 11) is 0. The smallest absolute Gasteiger partial charge is 0.0180 e. The van der Waals surface area contributed by atoms with Gasteiger partial charge in [0.2, 0.25) is 0 Å². The zero-order chi connectivity index (χ0) is 7.49. The molecule has 0 saturated heterocycles. The van der Waals surface area contributed by atoms with E-state index in [2.05, 4.69) is 0 Å². The van der Waals surface area contributed by atoms with Crippen molar-refractivity contribution in [2.24, 2.45) is 17.2 Å². The fourth-order valence-electron chi connectivity index (χ4n) is 0.759. The van der Waals surface area contributed by atoms with E-state index in [9.17, 15) is 0 Å². The van der Waals surface area contributed by atoms with Gasteiger partial charge in [-0.25, -0.2) is 0 Å². The molecule has 0 aromatic rings. The molecule has 1 unspecified atom stereocenters. The van der Waals surface area contributed by atoms with E-state index in [4.69, 9.17) is 17.2 Å². The van der Waals surface area contributed by atoms with Gasteiger partial charge >= 0.3 is 0 Å². The summed E-state index contributed by atoms with van der Waals surface area (Å²) in [6.45, 7) is 4.41. The van der Waals surface area contributed by atoms with Crippen molar-refractivity contribution in [3.05, 3.63) is 0 Å². The van der Waals surface area contributed by atoms with Gasteiger partial charge in [-0.2, -0.15) is 0 Å². The summed E-state index contributed by atoms with van der Waals surface area (Å²) in [5, 5.41) is 0. The number of nitrogens with two attached hydrogens (primary N) is 3. The van der Waals surface area contributed by atoms with Crippen LogP contribution in [0.2, 0.25) is 0 Å². The molecule has 0 bridgehead atoms. The predicted molar refractivity (Wildman–Crippen MR) is 39.9 cm³/mol. The van der Waals surface area contributed by atoms with Gasteiger partial charge in [-0.15, -0.1) is 0 Å². The fraction of sp³-hybridized carbons (Fsp3) is 1.00. The van der Waals surface area contributed by atoms with E-state index in [-0.39, 0.29) is 11.6 Å². The van der Waals surface area contributed by atoms with E-state index >= 15 is 0 Å². The van der Waals surface area contributed by atoms with Gasteiger partial charge in [0.15, 0.2) is 0 Å². The van der Waals surface area contributed by atoms with Crippen LogP contribution in [0.15, 0.2) is 0 Å². The highest BCUT2D eigenvalue weighted by molar-refractivity contribution is 4.78. The minimum absolute atomic E-state index is 0.0463. The monoisotopic (exact) mass is 131 g/mol. The van der Waals surface area contributed by atoms with Gasteiger partial charge in [0, 0.05) is 18.1 Å². The maximum atomic E-state index is 5.68. The highest BCUT2D eigenvalue weighted by atomic mass is 14.8. The van der Waals surface area contributed by atoms with Crippen molar-refractivity contribution in [3.8, 4) is 0 Å². The van der Waals surface area contributed by atoms with Crippen molar-refractivity contribution in [2.45, 2.75) is 31.8 Å². The first-order valence-corrected chi connectivity index (χ1v) is 3.20. The van der Waals surface area contributed by atoms with Gasteiger partial charge in [0.25, 0.3) is 0 Å². The molecule has 0 radical (unpaired) electrons. The van der Waals surface area contributed by atoms with Crippen LogP contribution in [0, 0.1) is 0 Å². The highest BCUT2D eigenvalue weighted by Gasteiger charge is 2.13. The summed E-state index contributed by atoms with van der Waals surface area (Å²) >= 11 is 0. The predicted octanol–water partition coefficient (Wildman–Crippen LogP) is -0.600. The molecule has 0 amide bonds. The van der Waals surface area contributed by atoms with Gasteiger partial charge in [-0.05, 0) is 20.3 Å². The summed E-state index contributed by atoms with van der Waals surface area (Å²) in [6.07, 6.45) is 0.781. The molecule has 0 saturated carbocycles. The van der Waals surface area contributed by atoms with E-state index in [1.54, 1.807) is 0 Å². The first-order chi connectivity index (χ1) is 3.95. The Kier molecular flexibility index (Phi) is 3.11. The second-order valence-electron chi connectivity index (χ2n) is 3.19. The molecule has 3 heteroatoms. The summed E-state index contributed by atoms with van der Waals surface area (Å²) in [6, 6.07) is 0.0463. The second-order valence-corrected chi connectivity index (χ2v) is 3.19. The Morgan fingerprint density at radius 2 is 1.89 bits per heavy atom. The SMILES string of the molecule is CC(C)(N)CC(N)CN. The minimum atomic E-state index is -0.182. The van der Waals surface area contributed by atoms with Crippen molar-refractivity contribution >= 4 is 0 Å². The third-order valence-corrected chi connectivity index (χ3v) is 1.09. The molecule has 0 aromatic carbocycles. The Balaban J connectivity index is 3.47. The summed E-state index contributed by atoms with van der Waals surface area (Å²) in [5.41, 5.74) is 16.3. The third kappa shape index (κ3) is 5.76. The molecule has 0 heterocycles. The lowest BCUT2D eigenvalue weighted by Gasteiger charge is -2.21. The lowest BCUT2D eigenvalue weighted by Crippen LogP contribution is -2.42. The quantitative estimate of drug-likeness (QED) is 0.478. The third-order valence-electron chi connectivity index (χ3n) is 1.09. The van der Waals surface area contributed by atoms with Crippen molar-refractivity contribution in [1.29, 1.82) is 0 Å². The lowest BCUT2D eigenvalue weighted by molar-refractivity contribution is 0.425. The van der Waals surface area contributed by atoms with Crippen LogP contribution in [0.1, 0.15) is 20.3 Å². The molecule has 0 fully saturated rings. The molecule has 0 rings (SSSR count). The molecule has 0 aliphatic carbocycles. The van der Waals surface area contributed by atoms with E-state index in [0.717, 1.165) is 6.42 Å². The molecule has 56 valence electrons. The van der Waals surface area contributed by atoms with Crippen LogP contribution in [0.3, 0.4) is 0 Å². The molecule has 0 aliphatic rings. The average Bonchev–Trinajstić information content (AvgIpc) is 1.62. The van der Waals surface area contributed by atoms with Crippen LogP contribution in [0.4, 0.5) is 0 Å². The Morgan fingerprint density at radius 1 is 1.44 bits per heavy atom. The van der Waals surface area contributed by atoms with E-state index in [1.807, 2.05) is 13.8 Å². The molecule has 3 nitrogen and oxygen atoms in total. The molecular weight excluding hydrogens is 114 g/mol. The van der Waals surface area contributed by atoms with E-state index in [0.29, 0.717) is 6.54 Å². The van der Waals surface area contributed by atoms with E-state index in [1.165, 1.54) is 0 Å². The summed E-state index contributed by atoms with van der Waals surface area (Å²) in [4.78, 5) is 0. The zero-order valence-electron chi connectivity index (χ0n) is 6.22. The highest BCUT2D eigenvalue weighted by Crippen LogP contribution is 2.04. The zero-order valence-corrected chi connectivity index (χ0v) is 6.22. The first-order valence-electron chi connectivity index (χ1n) is 3.20. The standard InChI is InChI=1S/C6H17N3/c1-6(2,9)3-5(8)4-7/h5H,3-4,7-9H2,1-2H3. The summed E-state index contributed by atoms with van der Waals surface area (Å²) < 4.78 is 0. The first kappa shape index (κ1) is 8.88. The summed E-state index contributed by atoms with van der Waals surface area (Å²) in [5.74, 6) is 0. The molecule has 6 N–H and O–H groups in total. The normalized spacial score (nSPS) is 15.7. The van der Waals surface area contributed by atoms with Gasteiger partial charge in [-0.1, -0.05) is 0 Å². The van der Waals surface area contributed by atoms with Crippen LogP contribution in [0.5, 0.6) is 0 Å². The number of rotatable bonds is 3. The Bertz CT molecular complexity index is 74.9. The van der Waals surface area contributed by atoms with Gasteiger partial charge in [-0.3, -0.25) is 0 Å². The second kappa shape index (κ2) is 3.15. The number of hydrogen-bond acceptors (Lipinski definition) is 3. The molecule has 0 spiro atoms. The molecule has 9 heavy (non-hydrogen) atoms. The Hall–Kier alpha value is -0.120. The largest absolute Gasteiger partial charge is 0.329 e. The van der Waals surface area contributed by atoms with Crippen molar-refractivity contribution in [1.82, 2.24) is 0 Å². The average molecular weight is 131 g/mol. The molecule has 1 atom stereocenters. The van der Waals surface area contributed by atoms with Gasteiger partial charge < -0.3 is 17.2 Å². The fourth-order valence-corrected chi connectivity index (χ4v) is 0.759. The maximum Gasteiger partial charge on any atom is 0.0180 e. The van der Waals surface area contributed by atoms with Crippen molar-refractivity contribution < 1.29 is 0 Å². The lowest BCUT2D eigenvalue weighted by atomic mass is 9.97. The van der Waals surface area contributed by atoms with Crippen LogP contribution < -0.4 is 17.2 Å². The molecule has 0 aliphatic heterocycles.